The highest BCUT2D eigenvalue weighted by Gasteiger charge is 2.38. The number of amides is 1. The van der Waals surface area contributed by atoms with Crippen LogP contribution in [0.2, 0.25) is 0 Å². The van der Waals surface area contributed by atoms with Gasteiger partial charge in [-0.1, -0.05) is 49.1 Å². The Hall–Kier alpha value is -4.97. The summed E-state index contributed by atoms with van der Waals surface area (Å²) < 4.78 is 81.6. The van der Waals surface area contributed by atoms with Crippen LogP contribution in [-0.2, 0) is 27.9 Å². The number of sulfonamides is 1. The van der Waals surface area contributed by atoms with Crippen LogP contribution in [0.15, 0.2) is 76.6 Å². The first-order valence-corrected chi connectivity index (χ1v) is 21.0. The molecular formula is C43H39BrF3N3O6S. The molecule has 14 heteroatoms. The Balaban J connectivity index is 1.36. The number of halogens is 4. The highest BCUT2D eigenvalue weighted by atomic mass is 79.9. The van der Waals surface area contributed by atoms with Crippen molar-refractivity contribution in [3.8, 4) is 11.8 Å². The smallest absolute Gasteiger partial charge is 0.335 e. The molecule has 0 saturated heterocycles. The van der Waals surface area contributed by atoms with Gasteiger partial charge in [0.1, 0.15) is 16.5 Å². The monoisotopic (exact) mass is 861 g/mol. The number of rotatable bonds is 15. The lowest BCUT2D eigenvalue weighted by molar-refractivity contribution is -0.119. The van der Waals surface area contributed by atoms with Gasteiger partial charge >= 0.3 is 5.97 Å². The number of anilines is 1. The van der Waals surface area contributed by atoms with Crippen LogP contribution in [0, 0.1) is 28.8 Å². The molecule has 0 atom stereocenters. The first kappa shape index (κ1) is 40.2. The van der Waals surface area contributed by atoms with Crippen LogP contribution >= 0.6 is 15.9 Å². The van der Waals surface area contributed by atoms with Gasteiger partial charge in [-0.05, 0) is 126 Å². The van der Waals surface area contributed by atoms with Crippen molar-refractivity contribution in [1.29, 1.82) is 5.26 Å². The Kier molecular flexibility index (Phi) is 11.6. The molecule has 0 spiro atoms. The minimum absolute atomic E-state index is 0.0573. The molecule has 0 aliphatic heterocycles. The molecule has 7 rings (SSSR count). The molecule has 0 aromatic heterocycles. The van der Waals surface area contributed by atoms with E-state index in [1.54, 1.807) is 12.1 Å². The van der Waals surface area contributed by atoms with Gasteiger partial charge in [0.2, 0.25) is 15.9 Å². The second-order valence-corrected chi connectivity index (χ2v) is 17.5. The molecule has 1 N–H and O–H groups in total. The maximum Gasteiger partial charge on any atom is 0.335 e. The Morgan fingerprint density at radius 1 is 0.912 bits per heavy atom. The van der Waals surface area contributed by atoms with Crippen LogP contribution in [0.5, 0.6) is 5.75 Å². The van der Waals surface area contributed by atoms with Crippen molar-refractivity contribution in [3.05, 3.63) is 128 Å². The average molecular weight is 863 g/mol. The van der Waals surface area contributed by atoms with Crippen molar-refractivity contribution in [2.75, 3.05) is 11.4 Å². The summed E-state index contributed by atoms with van der Waals surface area (Å²) in [5, 5.41) is 19.8. The standard InChI is InChI=1S/C43H39BrF3N3O6S/c1-2-34-39(45)38(44)42(41(47)40(34)46)57(54,55)49(23-30-8-4-3-7-29(30)21-48)24-37(51)50(22-25-17-31(26-11-12-26)19-32(18-25)27-13-14-27)35-16-15-28(43(52)53)20-36(35)56-33-9-5-6-10-33/h2-4,7-8,15-20,26-27,33H,1,5-6,9-14,22-24H2,(H,52,53). The summed E-state index contributed by atoms with van der Waals surface area (Å²) in [6, 6.07) is 18.3. The lowest BCUT2D eigenvalue weighted by Gasteiger charge is -2.30. The molecule has 4 aromatic carbocycles. The molecule has 3 aliphatic carbocycles. The van der Waals surface area contributed by atoms with Gasteiger partial charge in [0.15, 0.2) is 11.6 Å². The Morgan fingerprint density at radius 2 is 1.56 bits per heavy atom. The number of hydrogen-bond acceptors (Lipinski definition) is 6. The van der Waals surface area contributed by atoms with Gasteiger partial charge in [0.25, 0.3) is 0 Å². The summed E-state index contributed by atoms with van der Waals surface area (Å²) >= 11 is 2.82. The second-order valence-electron chi connectivity index (χ2n) is 14.8. The van der Waals surface area contributed by atoms with Crippen LogP contribution in [0.3, 0.4) is 0 Å². The topological polar surface area (TPSA) is 128 Å². The van der Waals surface area contributed by atoms with E-state index < -0.39 is 67.4 Å². The number of carbonyl (C=O) groups is 2. The van der Waals surface area contributed by atoms with Gasteiger partial charge in [0, 0.05) is 12.1 Å². The van der Waals surface area contributed by atoms with Crippen LogP contribution in [-0.4, -0.2) is 42.4 Å². The van der Waals surface area contributed by atoms with Gasteiger partial charge in [-0.3, -0.25) is 4.79 Å². The normalized spacial score (nSPS) is 15.7. The van der Waals surface area contributed by atoms with Crippen molar-refractivity contribution in [2.24, 2.45) is 0 Å². The van der Waals surface area contributed by atoms with Gasteiger partial charge in [-0.15, -0.1) is 0 Å². The van der Waals surface area contributed by atoms with Crippen molar-refractivity contribution >= 4 is 49.6 Å². The fourth-order valence-corrected chi connectivity index (χ4v) is 9.85. The quantitative estimate of drug-likeness (QED) is 0.118. The summed E-state index contributed by atoms with van der Waals surface area (Å²) in [4.78, 5) is 27.1. The molecule has 3 fully saturated rings. The molecule has 0 heterocycles. The predicted octanol–water partition coefficient (Wildman–Crippen LogP) is 9.58. The fraction of sp³-hybridized carbons (Fsp3) is 0.326. The predicted molar refractivity (Wildman–Crippen MR) is 211 cm³/mol. The van der Waals surface area contributed by atoms with E-state index in [0.717, 1.165) is 55.2 Å². The molecule has 0 unspecified atom stereocenters. The van der Waals surface area contributed by atoms with Crippen molar-refractivity contribution in [2.45, 2.75) is 87.3 Å². The van der Waals surface area contributed by atoms with Crippen molar-refractivity contribution in [3.63, 3.8) is 0 Å². The van der Waals surface area contributed by atoms with Crippen molar-refractivity contribution < 1.29 is 41.0 Å². The van der Waals surface area contributed by atoms with Crippen LogP contribution in [0.1, 0.15) is 107 Å². The van der Waals surface area contributed by atoms with Gasteiger partial charge in [-0.25, -0.2) is 26.4 Å². The number of carbonyl (C=O) groups excluding carboxylic acids is 1. The Morgan fingerprint density at radius 3 is 2.16 bits per heavy atom. The molecule has 0 radical (unpaired) electrons. The number of benzene rings is 4. The zero-order valence-electron chi connectivity index (χ0n) is 30.8. The second kappa shape index (κ2) is 16.5. The number of ether oxygens (including phenoxy) is 1. The number of nitrogens with zero attached hydrogens (tertiary/aromatic N) is 3. The van der Waals surface area contributed by atoms with Crippen LogP contribution < -0.4 is 9.64 Å². The van der Waals surface area contributed by atoms with Crippen LogP contribution in [0.4, 0.5) is 18.9 Å². The van der Waals surface area contributed by atoms with E-state index in [1.807, 2.05) is 18.2 Å². The van der Waals surface area contributed by atoms with E-state index in [0.29, 0.717) is 35.1 Å². The van der Waals surface area contributed by atoms with Gasteiger partial charge in [-0.2, -0.15) is 9.57 Å². The number of carboxylic acid groups (broad SMARTS) is 1. The minimum atomic E-state index is -5.27. The highest BCUT2D eigenvalue weighted by Crippen LogP contribution is 2.46. The van der Waals surface area contributed by atoms with Crippen molar-refractivity contribution in [1.82, 2.24) is 4.31 Å². The number of aromatic carboxylic acids is 1. The molecule has 296 valence electrons. The molecule has 57 heavy (non-hydrogen) atoms. The van der Waals surface area contributed by atoms with Crippen LogP contribution in [0.25, 0.3) is 6.08 Å². The van der Waals surface area contributed by atoms with E-state index in [1.165, 1.54) is 35.2 Å². The summed E-state index contributed by atoms with van der Waals surface area (Å²) in [5.41, 5.74) is 2.43. The van der Waals surface area contributed by atoms with E-state index >= 15 is 13.2 Å². The molecule has 3 aliphatic rings. The number of hydrogen-bond donors (Lipinski definition) is 1. The lowest BCUT2D eigenvalue weighted by atomic mass is 9.99. The third-order valence-electron chi connectivity index (χ3n) is 10.7. The van der Waals surface area contributed by atoms with E-state index in [-0.39, 0.29) is 40.8 Å². The lowest BCUT2D eigenvalue weighted by Crippen LogP contribution is -2.43. The Labute approximate surface area is 337 Å². The minimum Gasteiger partial charge on any atom is -0.488 e. The fourth-order valence-electron chi connectivity index (χ4n) is 7.36. The average Bonchev–Trinajstić information content (AvgIpc) is 4.14. The first-order valence-electron chi connectivity index (χ1n) is 18.7. The number of carboxylic acids is 1. The summed E-state index contributed by atoms with van der Waals surface area (Å²) in [7, 11) is -5.27. The third kappa shape index (κ3) is 8.51. The maximum absolute atomic E-state index is 15.8. The third-order valence-corrected chi connectivity index (χ3v) is 13.6. The molecular weight excluding hydrogens is 823 g/mol. The van der Waals surface area contributed by atoms with E-state index in [4.69, 9.17) is 4.74 Å². The molecule has 3 saturated carbocycles. The SMILES string of the molecule is C=Cc1c(F)c(F)c(S(=O)(=O)N(CC(=O)N(Cc2cc(C3CC3)cc(C3CC3)c2)c2ccc(C(=O)O)cc2OC2CCCC2)Cc2ccccc2C#N)c(Br)c1F. The zero-order chi connectivity index (χ0) is 40.6. The Bertz CT molecular complexity index is 2360. The van der Waals surface area contributed by atoms with Gasteiger partial charge in [0.05, 0.1) is 46.5 Å². The van der Waals surface area contributed by atoms with Gasteiger partial charge < -0.3 is 14.7 Å². The molecule has 0 bridgehead atoms. The highest BCUT2D eigenvalue weighted by molar-refractivity contribution is 9.10. The first-order chi connectivity index (χ1) is 27.3. The number of nitriles is 1. The zero-order valence-corrected chi connectivity index (χ0v) is 33.2. The summed E-state index contributed by atoms with van der Waals surface area (Å²) in [5.74, 6) is -6.27. The summed E-state index contributed by atoms with van der Waals surface area (Å²) in [6.45, 7) is 1.58. The molecule has 9 nitrogen and oxygen atoms in total. The molecule has 1 amide bonds. The van der Waals surface area contributed by atoms with E-state index in [9.17, 15) is 28.4 Å². The largest absolute Gasteiger partial charge is 0.488 e. The maximum atomic E-state index is 15.8. The summed E-state index contributed by atoms with van der Waals surface area (Å²) in [6.07, 6.45) is 7.80. The molecule has 4 aromatic rings. The van der Waals surface area contributed by atoms with E-state index in [2.05, 4.69) is 28.6 Å².